The van der Waals surface area contributed by atoms with Crippen molar-refractivity contribution in [3.63, 3.8) is 0 Å². The molecule has 1 aliphatic heterocycles. The summed E-state index contributed by atoms with van der Waals surface area (Å²) < 4.78 is 8.33. The highest BCUT2D eigenvalue weighted by Crippen LogP contribution is 2.36. The van der Waals surface area contributed by atoms with E-state index < -0.39 is 11.9 Å². The fourth-order valence-electron chi connectivity index (χ4n) is 5.19. The maximum absolute atomic E-state index is 10.1. The Bertz CT molecular complexity index is 1460. The quantitative estimate of drug-likeness (QED) is 0.218. The van der Waals surface area contributed by atoms with E-state index in [1.165, 1.54) is 44.3 Å². The second-order valence-electron chi connectivity index (χ2n) is 10.2. The summed E-state index contributed by atoms with van der Waals surface area (Å²) in [7, 11) is 0. The summed E-state index contributed by atoms with van der Waals surface area (Å²) in [6.07, 6.45) is 5.30. The van der Waals surface area contributed by atoms with Crippen LogP contribution in [-0.2, 0) is 16.1 Å². The molecule has 0 spiro atoms. The van der Waals surface area contributed by atoms with E-state index in [0.29, 0.717) is 6.54 Å². The lowest BCUT2D eigenvalue weighted by Crippen LogP contribution is -2.29. The lowest BCUT2D eigenvalue weighted by atomic mass is 10.1. The number of phenols is 2. The summed E-state index contributed by atoms with van der Waals surface area (Å²) in [6, 6.07) is 21.2. The lowest BCUT2D eigenvalue weighted by Gasteiger charge is -2.19. The number of benzene rings is 3. The van der Waals surface area contributed by atoms with Crippen molar-refractivity contribution in [1.29, 1.82) is 0 Å². The van der Waals surface area contributed by atoms with Crippen LogP contribution in [0.25, 0.3) is 22.2 Å². The van der Waals surface area contributed by atoms with Crippen molar-refractivity contribution in [3.8, 4) is 28.5 Å². The Balaban J connectivity index is 0.000000585. The van der Waals surface area contributed by atoms with Gasteiger partial charge in [0, 0.05) is 24.0 Å². The Morgan fingerprint density at radius 3 is 2.02 bits per heavy atom. The number of hydrogen-bond donors (Lipinski definition) is 4. The molecule has 0 saturated carbocycles. The molecule has 1 saturated heterocycles. The molecule has 0 radical (unpaired) electrons. The van der Waals surface area contributed by atoms with Crippen molar-refractivity contribution in [2.45, 2.75) is 39.2 Å². The summed E-state index contributed by atoms with van der Waals surface area (Å²) in [4.78, 5) is 20.7. The molecule has 216 valence electrons. The molecule has 5 rings (SSSR count). The molecular weight excluding hydrogens is 524 g/mol. The van der Waals surface area contributed by atoms with Crippen LogP contribution >= 0.6 is 0 Å². The van der Waals surface area contributed by atoms with E-state index in [0.717, 1.165) is 46.6 Å². The minimum absolute atomic E-state index is 0.248. The Labute approximate surface area is 238 Å². The standard InChI is InChI=1S/C30H34N2O3.C2H2O4/c1-22-28-20-26(34)12-15-29(28)32(30(22)24-8-10-25(33)11-9-24)21-23-6-13-27(14-7-23)35-19-18-31-16-4-2-3-5-17-31;3-1(4)2(5)6/h6-15,20,33-34H,2-5,16-19,21H2,1H3;(H,3,4)(H,5,6). The van der Waals surface area contributed by atoms with Crippen molar-refractivity contribution in [2.24, 2.45) is 0 Å². The van der Waals surface area contributed by atoms with E-state index in [9.17, 15) is 10.2 Å². The average molecular weight is 561 g/mol. The first-order chi connectivity index (χ1) is 19.7. The molecule has 0 amide bonds. The van der Waals surface area contributed by atoms with E-state index in [1.807, 2.05) is 24.3 Å². The molecule has 41 heavy (non-hydrogen) atoms. The Morgan fingerprint density at radius 1 is 0.805 bits per heavy atom. The minimum Gasteiger partial charge on any atom is -0.508 e. The van der Waals surface area contributed by atoms with Crippen molar-refractivity contribution in [1.82, 2.24) is 9.47 Å². The summed E-state index contributed by atoms with van der Waals surface area (Å²) in [5.74, 6) is -2.24. The number of carbonyl (C=O) groups is 2. The first-order valence-corrected chi connectivity index (χ1v) is 13.7. The zero-order valence-electron chi connectivity index (χ0n) is 23.1. The van der Waals surface area contributed by atoms with Crippen LogP contribution in [0.2, 0.25) is 0 Å². The van der Waals surface area contributed by atoms with Gasteiger partial charge in [0.25, 0.3) is 0 Å². The van der Waals surface area contributed by atoms with Gasteiger partial charge < -0.3 is 29.7 Å². The van der Waals surface area contributed by atoms with Gasteiger partial charge in [0.15, 0.2) is 0 Å². The fourth-order valence-corrected chi connectivity index (χ4v) is 5.19. The average Bonchev–Trinajstić information content (AvgIpc) is 3.10. The highest BCUT2D eigenvalue weighted by molar-refractivity contribution is 6.27. The summed E-state index contributed by atoms with van der Waals surface area (Å²) >= 11 is 0. The summed E-state index contributed by atoms with van der Waals surface area (Å²) in [5, 5.41) is 35.7. The molecule has 1 aromatic heterocycles. The van der Waals surface area contributed by atoms with Gasteiger partial charge in [-0.1, -0.05) is 25.0 Å². The monoisotopic (exact) mass is 560 g/mol. The number of nitrogens with zero attached hydrogens (tertiary/aromatic N) is 2. The van der Waals surface area contributed by atoms with Crippen molar-refractivity contribution in [3.05, 3.63) is 77.9 Å². The number of aliphatic carboxylic acids is 2. The van der Waals surface area contributed by atoms with Gasteiger partial charge >= 0.3 is 11.9 Å². The first-order valence-electron chi connectivity index (χ1n) is 13.7. The number of hydrogen-bond acceptors (Lipinski definition) is 6. The molecule has 4 N–H and O–H groups in total. The minimum atomic E-state index is -1.82. The van der Waals surface area contributed by atoms with Gasteiger partial charge in [0.05, 0.1) is 5.69 Å². The second kappa shape index (κ2) is 13.7. The largest absolute Gasteiger partial charge is 0.508 e. The van der Waals surface area contributed by atoms with E-state index in [1.54, 1.807) is 18.2 Å². The number of ether oxygens (including phenoxy) is 1. The molecule has 0 bridgehead atoms. The van der Waals surface area contributed by atoms with Crippen LogP contribution in [-0.4, -0.2) is 68.1 Å². The van der Waals surface area contributed by atoms with Gasteiger partial charge in [-0.05, 0) is 104 Å². The third kappa shape index (κ3) is 7.79. The third-order valence-corrected chi connectivity index (χ3v) is 7.26. The number of phenolic OH excluding ortho intramolecular Hbond substituents is 2. The van der Waals surface area contributed by atoms with Crippen molar-refractivity contribution < 1.29 is 34.8 Å². The molecular formula is C32H36N2O7. The maximum atomic E-state index is 10.1. The Kier molecular flexibility index (Phi) is 9.86. The first kappa shape index (κ1) is 29.5. The fraction of sp³-hybridized carbons (Fsp3) is 0.312. The second-order valence-corrected chi connectivity index (χ2v) is 10.2. The zero-order chi connectivity index (χ0) is 29.4. The molecule has 1 aliphatic rings. The molecule has 0 atom stereocenters. The number of aromatic hydroxyl groups is 2. The summed E-state index contributed by atoms with van der Waals surface area (Å²) in [6.45, 7) is 6.86. The van der Waals surface area contributed by atoms with Crippen LogP contribution in [0, 0.1) is 6.92 Å². The number of rotatable bonds is 7. The van der Waals surface area contributed by atoms with E-state index in [2.05, 4.69) is 40.7 Å². The van der Waals surface area contributed by atoms with E-state index in [4.69, 9.17) is 24.5 Å². The smallest absolute Gasteiger partial charge is 0.414 e. The van der Waals surface area contributed by atoms with Gasteiger partial charge in [-0.25, -0.2) is 9.59 Å². The molecule has 9 heteroatoms. The number of aromatic nitrogens is 1. The number of fused-ring (bicyclic) bond motifs is 1. The molecule has 2 heterocycles. The molecule has 0 unspecified atom stereocenters. The highest BCUT2D eigenvalue weighted by Gasteiger charge is 2.17. The topological polar surface area (TPSA) is 132 Å². The van der Waals surface area contributed by atoms with Crippen LogP contribution in [0.15, 0.2) is 66.7 Å². The lowest BCUT2D eigenvalue weighted by molar-refractivity contribution is -0.159. The van der Waals surface area contributed by atoms with Gasteiger partial charge in [0.2, 0.25) is 0 Å². The SMILES string of the molecule is Cc1c(-c2ccc(O)cc2)n(Cc2ccc(OCCN3CCCCCC3)cc2)c2ccc(O)cc12.O=C(O)C(=O)O. The number of carboxylic acids is 2. The number of carboxylic acid groups (broad SMARTS) is 2. The third-order valence-electron chi connectivity index (χ3n) is 7.26. The normalized spacial score (nSPS) is 13.7. The van der Waals surface area contributed by atoms with Crippen LogP contribution in [0.3, 0.4) is 0 Å². The molecule has 4 aromatic rings. The van der Waals surface area contributed by atoms with Crippen molar-refractivity contribution >= 4 is 22.8 Å². The maximum Gasteiger partial charge on any atom is 0.414 e. The van der Waals surface area contributed by atoms with Crippen LogP contribution < -0.4 is 4.74 Å². The van der Waals surface area contributed by atoms with Crippen molar-refractivity contribution in [2.75, 3.05) is 26.2 Å². The highest BCUT2D eigenvalue weighted by atomic mass is 16.5. The van der Waals surface area contributed by atoms with Gasteiger partial charge in [-0.15, -0.1) is 0 Å². The number of likely N-dealkylation sites (tertiary alicyclic amines) is 1. The predicted octanol–water partition coefficient (Wildman–Crippen LogP) is 5.49. The molecule has 9 nitrogen and oxygen atoms in total. The molecule has 3 aromatic carbocycles. The Hall–Kier alpha value is -4.50. The zero-order valence-corrected chi connectivity index (χ0v) is 23.1. The Morgan fingerprint density at radius 2 is 1.41 bits per heavy atom. The molecule has 0 aliphatic carbocycles. The van der Waals surface area contributed by atoms with E-state index >= 15 is 0 Å². The van der Waals surface area contributed by atoms with Gasteiger partial charge in [-0.2, -0.15) is 0 Å². The van der Waals surface area contributed by atoms with E-state index in [-0.39, 0.29) is 11.5 Å². The predicted molar refractivity (Wildman–Crippen MR) is 157 cm³/mol. The van der Waals surface area contributed by atoms with Gasteiger partial charge in [0.1, 0.15) is 23.9 Å². The number of aryl methyl sites for hydroxylation is 1. The molecule has 1 fully saturated rings. The summed E-state index contributed by atoms with van der Waals surface area (Å²) in [5.41, 5.74) is 5.47. The van der Waals surface area contributed by atoms with Crippen LogP contribution in [0.1, 0.15) is 36.8 Å². The van der Waals surface area contributed by atoms with Crippen LogP contribution in [0.4, 0.5) is 0 Å². The van der Waals surface area contributed by atoms with Gasteiger partial charge in [-0.3, -0.25) is 4.90 Å². The van der Waals surface area contributed by atoms with Crippen LogP contribution in [0.5, 0.6) is 17.2 Å².